The molecule has 2 nitrogen and oxygen atoms in total. The lowest BCUT2D eigenvalue weighted by atomic mass is 10.2. The Hall–Kier alpha value is -0.830. The van der Waals surface area contributed by atoms with E-state index in [0.29, 0.717) is 0 Å². The number of rotatable bonds is 3. The van der Waals surface area contributed by atoms with Gasteiger partial charge >= 0.3 is 0 Å². The number of amides is 1. The quantitative estimate of drug-likeness (QED) is 0.759. The van der Waals surface area contributed by atoms with Gasteiger partial charge in [-0.2, -0.15) is 0 Å². The van der Waals surface area contributed by atoms with Gasteiger partial charge in [-0.25, -0.2) is 0 Å². The molecule has 1 aromatic heterocycles. The molecule has 0 fully saturated rings. The van der Waals surface area contributed by atoms with Crippen molar-refractivity contribution in [3.05, 3.63) is 21.9 Å². The summed E-state index contributed by atoms with van der Waals surface area (Å²) in [6.07, 6.45) is 0.948. The van der Waals surface area contributed by atoms with Crippen molar-refractivity contribution < 1.29 is 4.79 Å². The number of hydrogen-bond acceptors (Lipinski definition) is 2. The van der Waals surface area contributed by atoms with E-state index in [1.807, 2.05) is 0 Å². The Balaban J connectivity index is 2.33. The van der Waals surface area contributed by atoms with Gasteiger partial charge < -0.3 is 5.32 Å². The van der Waals surface area contributed by atoms with Crippen LogP contribution < -0.4 is 5.32 Å². The van der Waals surface area contributed by atoms with Gasteiger partial charge in [0.05, 0.1) is 0 Å². The summed E-state index contributed by atoms with van der Waals surface area (Å²) in [5.41, 5.74) is 1.32. The van der Waals surface area contributed by atoms with Crippen molar-refractivity contribution in [2.24, 2.45) is 0 Å². The Morgan fingerprint density at radius 1 is 1.67 bits per heavy atom. The molecule has 0 spiro atoms. The Kier molecular flexibility index (Phi) is 3.29. The van der Waals surface area contributed by atoms with Crippen molar-refractivity contribution in [3.8, 4) is 0 Å². The van der Waals surface area contributed by atoms with Crippen molar-refractivity contribution in [2.45, 2.75) is 20.3 Å². The normalized spacial score (nSPS) is 9.83. The third-order valence-electron chi connectivity index (χ3n) is 1.69. The van der Waals surface area contributed by atoms with Crippen molar-refractivity contribution in [3.63, 3.8) is 0 Å². The van der Waals surface area contributed by atoms with E-state index in [2.05, 4.69) is 23.7 Å². The van der Waals surface area contributed by atoms with E-state index in [0.717, 1.165) is 13.0 Å². The van der Waals surface area contributed by atoms with Crippen LogP contribution in [-0.2, 0) is 11.2 Å². The average Bonchev–Trinajstić information content (AvgIpc) is 2.36. The van der Waals surface area contributed by atoms with Crippen LogP contribution in [-0.4, -0.2) is 12.5 Å². The summed E-state index contributed by atoms with van der Waals surface area (Å²) in [5, 5.41) is 4.86. The summed E-state index contributed by atoms with van der Waals surface area (Å²) >= 11 is 1.75. The third kappa shape index (κ3) is 2.66. The molecule has 1 aromatic rings. The molecule has 12 heavy (non-hydrogen) atoms. The highest BCUT2D eigenvalue weighted by Crippen LogP contribution is 2.15. The van der Waals surface area contributed by atoms with Gasteiger partial charge in [0.25, 0.3) is 0 Å². The number of carbonyl (C=O) groups is 1. The minimum Gasteiger partial charge on any atom is -0.356 e. The monoisotopic (exact) mass is 183 g/mol. The second-order valence-electron chi connectivity index (χ2n) is 2.76. The highest BCUT2D eigenvalue weighted by atomic mass is 32.1. The Bertz CT molecular complexity index is 267. The molecule has 1 rings (SSSR count). The first-order chi connectivity index (χ1) is 5.70. The number of thiophene rings is 1. The highest BCUT2D eigenvalue weighted by molar-refractivity contribution is 7.10. The zero-order valence-corrected chi connectivity index (χ0v) is 8.20. The molecule has 1 N–H and O–H groups in total. The lowest BCUT2D eigenvalue weighted by Gasteiger charge is -2.00. The van der Waals surface area contributed by atoms with Gasteiger partial charge in [-0.15, -0.1) is 11.3 Å². The fourth-order valence-electron chi connectivity index (χ4n) is 1.01. The van der Waals surface area contributed by atoms with Crippen molar-refractivity contribution >= 4 is 17.2 Å². The number of aryl methyl sites for hydroxylation is 1. The predicted octanol–water partition coefficient (Wildman–Crippen LogP) is 1.74. The van der Waals surface area contributed by atoms with E-state index in [4.69, 9.17) is 0 Å². The maximum Gasteiger partial charge on any atom is 0.216 e. The minimum absolute atomic E-state index is 0.0456. The Morgan fingerprint density at radius 3 is 2.92 bits per heavy atom. The van der Waals surface area contributed by atoms with Crippen LogP contribution in [0.15, 0.2) is 11.4 Å². The maximum atomic E-state index is 10.5. The molecule has 0 radical (unpaired) electrons. The van der Waals surface area contributed by atoms with E-state index in [1.165, 1.54) is 10.4 Å². The van der Waals surface area contributed by atoms with Gasteiger partial charge in [0.1, 0.15) is 0 Å². The van der Waals surface area contributed by atoms with Crippen LogP contribution in [0, 0.1) is 6.92 Å². The second-order valence-corrected chi connectivity index (χ2v) is 3.76. The van der Waals surface area contributed by atoms with Gasteiger partial charge in [-0.05, 0) is 30.4 Å². The first-order valence-electron chi connectivity index (χ1n) is 3.97. The molecule has 0 aliphatic carbocycles. The maximum absolute atomic E-state index is 10.5. The molecule has 0 aromatic carbocycles. The largest absolute Gasteiger partial charge is 0.356 e. The van der Waals surface area contributed by atoms with Crippen LogP contribution in [0.5, 0.6) is 0 Å². The summed E-state index contributed by atoms with van der Waals surface area (Å²) in [6.45, 7) is 4.39. The molecule has 1 amide bonds. The van der Waals surface area contributed by atoms with Gasteiger partial charge in [0.2, 0.25) is 5.91 Å². The van der Waals surface area contributed by atoms with Crippen LogP contribution in [0.1, 0.15) is 17.4 Å². The zero-order valence-electron chi connectivity index (χ0n) is 7.39. The fourth-order valence-corrected chi connectivity index (χ4v) is 1.92. The smallest absolute Gasteiger partial charge is 0.216 e. The first kappa shape index (κ1) is 9.26. The number of carbonyl (C=O) groups excluding carboxylic acids is 1. The molecule has 0 unspecified atom stereocenters. The van der Waals surface area contributed by atoms with E-state index < -0.39 is 0 Å². The van der Waals surface area contributed by atoms with Crippen LogP contribution in [0.4, 0.5) is 0 Å². The topological polar surface area (TPSA) is 29.1 Å². The molecular formula is C9H13NOS. The third-order valence-corrected chi connectivity index (χ3v) is 2.78. The van der Waals surface area contributed by atoms with E-state index >= 15 is 0 Å². The number of nitrogens with one attached hydrogen (secondary N) is 1. The molecule has 3 heteroatoms. The average molecular weight is 183 g/mol. The summed E-state index contributed by atoms with van der Waals surface area (Å²) in [7, 11) is 0. The first-order valence-corrected chi connectivity index (χ1v) is 4.85. The van der Waals surface area contributed by atoms with Crippen LogP contribution in [0.3, 0.4) is 0 Å². The fraction of sp³-hybridized carbons (Fsp3) is 0.444. The highest BCUT2D eigenvalue weighted by Gasteiger charge is 1.98. The van der Waals surface area contributed by atoms with Crippen LogP contribution in [0.25, 0.3) is 0 Å². The van der Waals surface area contributed by atoms with Gasteiger partial charge in [-0.3, -0.25) is 4.79 Å². The molecule has 0 bridgehead atoms. The lowest BCUT2D eigenvalue weighted by Crippen LogP contribution is -2.22. The lowest BCUT2D eigenvalue weighted by molar-refractivity contribution is -0.118. The van der Waals surface area contributed by atoms with Gasteiger partial charge in [0, 0.05) is 18.3 Å². The van der Waals surface area contributed by atoms with Crippen LogP contribution in [0.2, 0.25) is 0 Å². The molecular weight excluding hydrogens is 170 g/mol. The van der Waals surface area contributed by atoms with Crippen molar-refractivity contribution in [1.29, 1.82) is 0 Å². The van der Waals surface area contributed by atoms with Gasteiger partial charge in [0.15, 0.2) is 0 Å². The second kappa shape index (κ2) is 4.26. The minimum atomic E-state index is 0.0456. The molecule has 1 heterocycles. The van der Waals surface area contributed by atoms with E-state index in [1.54, 1.807) is 18.3 Å². The predicted molar refractivity (Wildman–Crippen MR) is 51.4 cm³/mol. The van der Waals surface area contributed by atoms with E-state index in [9.17, 15) is 4.79 Å². The molecule has 0 saturated heterocycles. The summed E-state index contributed by atoms with van der Waals surface area (Å²) in [6, 6.07) is 2.10. The van der Waals surface area contributed by atoms with Crippen molar-refractivity contribution in [2.75, 3.05) is 6.54 Å². The molecule has 0 saturated carbocycles. The summed E-state index contributed by atoms with van der Waals surface area (Å²) < 4.78 is 0. The SMILES string of the molecule is CC(=O)NCCc1sccc1C. The summed E-state index contributed by atoms with van der Waals surface area (Å²) in [4.78, 5) is 11.9. The number of hydrogen-bond donors (Lipinski definition) is 1. The Labute approximate surface area is 76.6 Å². The Morgan fingerprint density at radius 2 is 2.42 bits per heavy atom. The van der Waals surface area contributed by atoms with E-state index in [-0.39, 0.29) is 5.91 Å². The molecule has 0 aliphatic rings. The van der Waals surface area contributed by atoms with Crippen molar-refractivity contribution in [1.82, 2.24) is 5.32 Å². The zero-order chi connectivity index (χ0) is 8.97. The molecule has 66 valence electrons. The summed E-state index contributed by atoms with van der Waals surface area (Å²) in [5.74, 6) is 0.0456. The standard InChI is InChI=1S/C9H13NOS/c1-7-4-6-12-9(7)3-5-10-8(2)11/h4,6H,3,5H2,1-2H3,(H,10,11). The molecule has 0 aliphatic heterocycles. The van der Waals surface area contributed by atoms with Crippen LogP contribution >= 0.6 is 11.3 Å². The molecule has 0 atom stereocenters. The van der Waals surface area contributed by atoms with Gasteiger partial charge in [-0.1, -0.05) is 0 Å².